The van der Waals surface area contributed by atoms with Crippen molar-refractivity contribution in [3.05, 3.63) is 0 Å². The van der Waals surface area contributed by atoms with Gasteiger partial charge in [-0.05, 0) is 37.4 Å². The first-order valence-corrected chi connectivity index (χ1v) is 9.91. The lowest BCUT2D eigenvalue weighted by molar-refractivity contribution is -0.149. The number of carbonyl (C=O) groups excluding carboxylic acids is 1. The molecule has 0 aromatic rings. The molecule has 0 spiro atoms. The van der Waals surface area contributed by atoms with E-state index in [4.69, 9.17) is 9.16 Å². The van der Waals surface area contributed by atoms with Crippen LogP contribution in [0, 0.1) is 5.92 Å². The molecule has 1 N–H and O–H groups in total. The predicted octanol–water partition coefficient (Wildman–Crippen LogP) is 2.71. The lowest BCUT2D eigenvalue weighted by atomic mass is 9.85. The topological polar surface area (TPSA) is 55.8 Å². The smallest absolute Gasteiger partial charge is 0.308 e. The average Bonchev–Trinajstić information content (AvgIpc) is 2.24. The summed E-state index contributed by atoms with van der Waals surface area (Å²) in [4.78, 5) is 11.6. The predicted molar refractivity (Wildman–Crippen MR) is 77.4 cm³/mol. The van der Waals surface area contributed by atoms with Gasteiger partial charge in [0.1, 0.15) is 0 Å². The summed E-state index contributed by atoms with van der Waals surface area (Å²) in [5, 5.41) is 10.1. The van der Waals surface area contributed by atoms with Crippen LogP contribution in [0.5, 0.6) is 0 Å². The molecule has 1 aliphatic carbocycles. The summed E-state index contributed by atoms with van der Waals surface area (Å²) in [5.41, 5.74) is 0. The van der Waals surface area contributed by atoms with E-state index in [1.165, 1.54) is 7.11 Å². The van der Waals surface area contributed by atoms with Crippen molar-refractivity contribution in [3.63, 3.8) is 0 Å². The molecule has 0 radical (unpaired) electrons. The summed E-state index contributed by atoms with van der Waals surface area (Å²) in [6.07, 6.45) is 1.28. The van der Waals surface area contributed by atoms with Crippen LogP contribution < -0.4 is 0 Å². The van der Waals surface area contributed by atoms with Gasteiger partial charge in [0.2, 0.25) is 0 Å². The van der Waals surface area contributed by atoms with Crippen LogP contribution in [0.4, 0.5) is 0 Å². The second kappa shape index (κ2) is 5.93. The van der Waals surface area contributed by atoms with Crippen LogP contribution in [0.3, 0.4) is 0 Å². The summed E-state index contributed by atoms with van der Waals surface area (Å²) in [6, 6.07) is 0. The van der Waals surface area contributed by atoms with Gasteiger partial charge in [-0.15, -0.1) is 0 Å². The van der Waals surface area contributed by atoms with E-state index in [0.29, 0.717) is 19.3 Å². The zero-order valence-electron chi connectivity index (χ0n) is 13.0. The van der Waals surface area contributed by atoms with Crippen molar-refractivity contribution >= 4 is 14.3 Å². The summed E-state index contributed by atoms with van der Waals surface area (Å²) in [6.45, 7) is 11.0. The van der Waals surface area contributed by atoms with E-state index in [1.807, 2.05) is 0 Å². The van der Waals surface area contributed by atoms with Crippen molar-refractivity contribution in [2.75, 3.05) is 7.11 Å². The Morgan fingerprint density at radius 3 is 2.26 bits per heavy atom. The molecule has 0 aliphatic heterocycles. The maximum Gasteiger partial charge on any atom is 0.308 e. The second-order valence-electron chi connectivity index (χ2n) is 7.08. The maximum absolute atomic E-state index is 11.6. The van der Waals surface area contributed by atoms with E-state index >= 15 is 0 Å². The van der Waals surface area contributed by atoms with Gasteiger partial charge in [-0.1, -0.05) is 20.8 Å². The first kappa shape index (κ1) is 16.7. The minimum absolute atomic E-state index is 0.0336. The number of ether oxygens (including phenoxy) is 1. The summed E-state index contributed by atoms with van der Waals surface area (Å²) in [5.74, 6) is -0.467. The molecule has 1 saturated carbocycles. The molecule has 0 aromatic heterocycles. The highest BCUT2D eigenvalue weighted by atomic mass is 28.4. The Labute approximate surface area is 117 Å². The molecule has 1 rings (SSSR count). The van der Waals surface area contributed by atoms with Crippen LogP contribution in [-0.4, -0.2) is 38.7 Å². The highest BCUT2D eigenvalue weighted by Crippen LogP contribution is 2.39. The molecule has 0 unspecified atom stereocenters. The van der Waals surface area contributed by atoms with Gasteiger partial charge in [0.15, 0.2) is 8.32 Å². The number of methoxy groups -OCH3 is 1. The third kappa shape index (κ3) is 4.29. The number of carbonyl (C=O) groups is 1. The third-order valence-electron chi connectivity index (χ3n) is 4.44. The van der Waals surface area contributed by atoms with Crippen molar-refractivity contribution in [3.8, 4) is 0 Å². The molecule has 5 heteroatoms. The Bertz CT molecular complexity index is 322. The van der Waals surface area contributed by atoms with Crippen molar-refractivity contribution < 1.29 is 19.1 Å². The number of hydrogen-bond acceptors (Lipinski definition) is 4. The van der Waals surface area contributed by atoms with E-state index < -0.39 is 14.4 Å². The first-order valence-electron chi connectivity index (χ1n) is 7.00. The van der Waals surface area contributed by atoms with Crippen molar-refractivity contribution in [1.29, 1.82) is 0 Å². The molecule has 0 amide bonds. The molecule has 1 aliphatic rings. The Balaban J connectivity index is 2.71. The van der Waals surface area contributed by atoms with Crippen LogP contribution >= 0.6 is 0 Å². The Morgan fingerprint density at radius 2 is 1.79 bits per heavy atom. The van der Waals surface area contributed by atoms with Crippen molar-refractivity contribution in [2.24, 2.45) is 5.92 Å². The fourth-order valence-electron chi connectivity index (χ4n) is 2.29. The molecular formula is C14H28O4Si. The zero-order chi connectivity index (χ0) is 14.8. The minimum Gasteiger partial charge on any atom is -0.469 e. The maximum atomic E-state index is 11.6. The lowest BCUT2D eigenvalue weighted by Gasteiger charge is -2.42. The number of rotatable bonds is 3. The second-order valence-corrected chi connectivity index (χ2v) is 11.8. The molecular weight excluding hydrogens is 260 g/mol. The van der Waals surface area contributed by atoms with Crippen molar-refractivity contribution in [1.82, 2.24) is 0 Å². The SMILES string of the molecule is COC(=O)[C@@H]1C[C@H](O)C[C@H](O[Si](C)(C)C(C)(C)C)C1. The van der Waals surface area contributed by atoms with E-state index in [9.17, 15) is 9.90 Å². The van der Waals surface area contributed by atoms with Gasteiger partial charge in [0.25, 0.3) is 0 Å². The van der Waals surface area contributed by atoms with Crippen LogP contribution in [0.2, 0.25) is 18.1 Å². The molecule has 1 fully saturated rings. The van der Waals surface area contributed by atoms with Gasteiger partial charge in [0, 0.05) is 6.10 Å². The third-order valence-corrected chi connectivity index (χ3v) is 8.98. The molecule has 4 nitrogen and oxygen atoms in total. The van der Waals surface area contributed by atoms with E-state index in [2.05, 4.69) is 33.9 Å². The lowest BCUT2D eigenvalue weighted by Crippen LogP contribution is -2.47. The van der Waals surface area contributed by atoms with Crippen LogP contribution in [0.15, 0.2) is 0 Å². The van der Waals surface area contributed by atoms with E-state index in [-0.39, 0.29) is 23.0 Å². The first-order chi connectivity index (χ1) is 8.56. The highest BCUT2D eigenvalue weighted by Gasteiger charge is 2.42. The standard InChI is InChI=1S/C14H28O4Si/c1-14(2,3)19(5,6)18-12-8-10(13(16)17-4)7-11(15)9-12/h10-12,15H,7-9H2,1-6H3/t10-,11+,12-/m1/s1. The fourth-order valence-corrected chi connectivity index (χ4v) is 3.67. The van der Waals surface area contributed by atoms with E-state index in [1.54, 1.807) is 0 Å². The summed E-state index contributed by atoms with van der Waals surface area (Å²) < 4.78 is 11.1. The Morgan fingerprint density at radius 1 is 1.21 bits per heavy atom. The van der Waals surface area contributed by atoms with Gasteiger partial charge >= 0.3 is 5.97 Å². The quantitative estimate of drug-likeness (QED) is 0.641. The van der Waals surface area contributed by atoms with Crippen LogP contribution in [0.25, 0.3) is 0 Å². The molecule has 0 aromatic carbocycles. The molecule has 3 atom stereocenters. The monoisotopic (exact) mass is 288 g/mol. The normalized spacial score (nSPS) is 29.1. The van der Waals surface area contributed by atoms with Gasteiger partial charge < -0.3 is 14.3 Å². The van der Waals surface area contributed by atoms with Gasteiger partial charge in [0.05, 0.1) is 19.1 Å². The van der Waals surface area contributed by atoms with Gasteiger partial charge in [-0.3, -0.25) is 4.79 Å². The largest absolute Gasteiger partial charge is 0.469 e. The number of aliphatic hydroxyl groups is 1. The summed E-state index contributed by atoms with van der Waals surface area (Å²) in [7, 11) is -0.464. The number of hydrogen-bond donors (Lipinski definition) is 1. The van der Waals surface area contributed by atoms with Gasteiger partial charge in [-0.25, -0.2) is 0 Å². The molecule has 0 heterocycles. The van der Waals surface area contributed by atoms with Crippen LogP contribution in [-0.2, 0) is 14.0 Å². The van der Waals surface area contributed by atoms with E-state index in [0.717, 1.165) is 0 Å². The average molecular weight is 288 g/mol. The molecule has 112 valence electrons. The zero-order valence-corrected chi connectivity index (χ0v) is 14.0. The molecule has 0 saturated heterocycles. The minimum atomic E-state index is -1.86. The summed E-state index contributed by atoms with van der Waals surface area (Å²) >= 11 is 0. The molecule has 0 bridgehead atoms. The Kier molecular flexibility index (Phi) is 5.20. The van der Waals surface area contributed by atoms with Crippen LogP contribution in [0.1, 0.15) is 40.0 Å². The fraction of sp³-hybridized carbons (Fsp3) is 0.929. The van der Waals surface area contributed by atoms with Crippen molar-refractivity contribution in [2.45, 2.75) is 70.4 Å². The molecule has 19 heavy (non-hydrogen) atoms. The Hall–Kier alpha value is -0.393. The van der Waals surface area contributed by atoms with Gasteiger partial charge in [-0.2, -0.15) is 0 Å². The number of aliphatic hydroxyl groups excluding tert-OH is 1. The number of esters is 1. The highest BCUT2D eigenvalue weighted by molar-refractivity contribution is 6.74.